The van der Waals surface area contributed by atoms with Crippen molar-refractivity contribution < 1.29 is 9.53 Å². The molecule has 1 fully saturated rings. The molecule has 1 saturated heterocycles. The van der Waals surface area contributed by atoms with Crippen molar-refractivity contribution in [3.8, 4) is 0 Å². The van der Waals surface area contributed by atoms with Gasteiger partial charge in [0.1, 0.15) is 5.69 Å². The summed E-state index contributed by atoms with van der Waals surface area (Å²) < 4.78 is 4.76. The Kier molecular flexibility index (Phi) is 4.23. The first-order chi connectivity index (χ1) is 11.1. The maximum Gasteiger partial charge on any atom is 0.337 e. The molecule has 1 N–H and O–H groups in total. The second-order valence-corrected chi connectivity index (χ2v) is 5.77. The van der Waals surface area contributed by atoms with Crippen LogP contribution in [0.1, 0.15) is 34.6 Å². The Balaban J connectivity index is 1.91. The molecule has 0 aliphatic carbocycles. The number of aromatic amines is 1. The fourth-order valence-corrected chi connectivity index (χ4v) is 3.08. The molecule has 3 rings (SSSR count). The van der Waals surface area contributed by atoms with Gasteiger partial charge >= 0.3 is 5.97 Å². The summed E-state index contributed by atoms with van der Waals surface area (Å²) >= 11 is 0. The number of aromatic nitrogens is 2. The first-order valence-corrected chi connectivity index (χ1v) is 7.86. The number of esters is 1. The minimum Gasteiger partial charge on any atom is -0.465 e. The van der Waals surface area contributed by atoms with E-state index < -0.39 is 0 Å². The molecule has 23 heavy (non-hydrogen) atoms. The van der Waals surface area contributed by atoms with Crippen molar-refractivity contribution in [2.24, 2.45) is 0 Å². The Morgan fingerprint density at radius 2 is 1.78 bits per heavy atom. The van der Waals surface area contributed by atoms with Crippen molar-refractivity contribution >= 4 is 17.3 Å². The van der Waals surface area contributed by atoms with Gasteiger partial charge in [-0.25, -0.2) is 4.79 Å². The minimum atomic E-state index is -0.312. The summed E-state index contributed by atoms with van der Waals surface area (Å²) in [6.45, 7) is 5.97. The smallest absolute Gasteiger partial charge is 0.337 e. The number of benzene rings is 1. The molecule has 0 unspecified atom stereocenters. The molecular formula is C17H22N4O2. The number of aryl methyl sites for hydroxylation is 2. The number of carbonyl (C=O) groups excluding carboxylic acids is 1. The Labute approximate surface area is 136 Å². The number of H-pyrrole nitrogens is 1. The molecular weight excluding hydrogens is 292 g/mol. The molecule has 1 aromatic carbocycles. The first-order valence-electron chi connectivity index (χ1n) is 7.86. The van der Waals surface area contributed by atoms with Gasteiger partial charge in [-0.3, -0.25) is 15.1 Å². The summed E-state index contributed by atoms with van der Waals surface area (Å²) in [5.41, 5.74) is 4.84. The van der Waals surface area contributed by atoms with Gasteiger partial charge in [-0.1, -0.05) is 0 Å². The largest absolute Gasteiger partial charge is 0.465 e. The maximum atomic E-state index is 11.6. The average Bonchev–Trinajstić information content (AvgIpc) is 2.93. The quantitative estimate of drug-likeness (QED) is 0.883. The molecule has 1 aliphatic rings. The van der Waals surface area contributed by atoms with E-state index in [9.17, 15) is 4.79 Å². The zero-order valence-corrected chi connectivity index (χ0v) is 13.8. The highest BCUT2D eigenvalue weighted by molar-refractivity contribution is 5.89. The predicted molar refractivity (Wildman–Crippen MR) is 89.8 cm³/mol. The van der Waals surface area contributed by atoms with Crippen LogP contribution in [0.2, 0.25) is 0 Å². The number of anilines is 2. The number of hydrogen-bond donors (Lipinski definition) is 1. The third kappa shape index (κ3) is 2.88. The lowest BCUT2D eigenvalue weighted by atomic mass is 10.1. The van der Waals surface area contributed by atoms with Crippen LogP contribution in [0.3, 0.4) is 0 Å². The third-order valence-corrected chi connectivity index (χ3v) is 4.22. The monoisotopic (exact) mass is 314 g/mol. The van der Waals surface area contributed by atoms with Crippen LogP contribution in [0, 0.1) is 13.8 Å². The molecule has 6 nitrogen and oxygen atoms in total. The van der Waals surface area contributed by atoms with E-state index in [4.69, 9.17) is 4.74 Å². The average molecular weight is 314 g/mol. The highest BCUT2D eigenvalue weighted by atomic mass is 16.5. The van der Waals surface area contributed by atoms with Gasteiger partial charge in [0.15, 0.2) is 0 Å². The number of methoxy groups -OCH3 is 1. The standard InChI is InChI=1S/C17H22N4O2/c1-12-16(13(2)19-18-12)21-11-5-4-10-20(21)15-8-6-14(7-9-15)17(22)23-3/h6-9H,4-5,10-11H2,1-3H3,(H,18,19). The lowest BCUT2D eigenvalue weighted by Gasteiger charge is -2.41. The molecule has 6 heteroatoms. The minimum absolute atomic E-state index is 0.312. The molecule has 1 aromatic heterocycles. The van der Waals surface area contributed by atoms with Crippen LogP contribution >= 0.6 is 0 Å². The Morgan fingerprint density at radius 1 is 1.13 bits per heavy atom. The van der Waals surface area contributed by atoms with Crippen LogP contribution in [-0.4, -0.2) is 36.4 Å². The normalized spacial score (nSPS) is 14.9. The van der Waals surface area contributed by atoms with E-state index in [0.29, 0.717) is 5.56 Å². The molecule has 2 aromatic rings. The molecule has 2 heterocycles. The fraction of sp³-hybridized carbons (Fsp3) is 0.412. The van der Waals surface area contributed by atoms with Gasteiger partial charge in [0.05, 0.1) is 29.7 Å². The van der Waals surface area contributed by atoms with Crippen LogP contribution in [0.15, 0.2) is 24.3 Å². The van der Waals surface area contributed by atoms with E-state index in [-0.39, 0.29) is 5.97 Å². The molecule has 0 spiro atoms. The Morgan fingerprint density at radius 3 is 2.35 bits per heavy atom. The van der Waals surface area contributed by atoms with Crippen molar-refractivity contribution in [2.45, 2.75) is 26.7 Å². The van der Waals surface area contributed by atoms with Gasteiger partial charge in [-0.05, 0) is 51.0 Å². The highest BCUT2D eigenvalue weighted by Gasteiger charge is 2.25. The summed E-state index contributed by atoms with van der Waals surface area (Å²) in [6.07, 6.45) is 2.30. The van der Waals surface area contributed by atoms with Crippen molar-refractivity contribution in [3.63, 3.8) is 0 Å². The zero-order chi connectivity index (χ0) is 16.4. The third-order valence-electron chi connectivity index (χ3n) is 4.22. The highest BCUT2D eigenvalue weighted by Crippen LogP contribution is 2.30. The molecule has 0 bridgehead atoms. The van der Waals surface area contributed by atoms with E-state index in [2.05, 4.69) is 20.2 Å². The second kappa shape index (κ2) is 6.32. The van der Waals surface area contributed by atoms with Crippen LogP contribution < -0.4 is 10.0 Å². The van der Waals surface area contributed by atoms with E-state index in [1.165, 1.54) is 7.11 Å². The SMILES string of the molecule is COC(=O)c1ccc(N2CCCCN2c2c(C)n[nH]c2C)cc1. The van der Waals surface area contributed by atoms with Crippen LogP contribution in [0.5, 0.6) is 0 Å². The molecule has 0 atom stereocenters. The molecule has 1 aliphatic heterocycles. The van der Waals surface area contributed by atoms with Gasteiger partial charge in [-0.2, -0.15) is 5.10 Å². The lowest BCUT2D eigenvalue weighted by molar-refractivity contribution is 0.0601. The number of ether oxygens (including phenoxy) is 1. The predicted octanol–water partition coefficient (Wildman–Crippen LogP) is 2.83. The number of carbonyl (C=O) groups is 1. The summed E-state index contributed by atoms with van der Waals surface area (Å²) in [4.78, 5) is 11.6. The summed E-state index contributed by atoms with van der Waals surface area (Å²) in [6, 6.07) is 7.55. The summed E-state index contributed by atoms with van der Waals surface area (Å²) in [5.74, 6) is -0.312. The number of nitrogens with one attached hydrogen (secondary N) is 1. The Hall–Kier alpha value is -2.50. The van der Waals surface area contributed by atoms with Gasteiger partial charge in [0.25, 0.3) is 0 Å². The second-order valence-electron chi connectivity index (χ2n) is 5.77. The topological polar surface area (TPSA) is 61.5 Å². The van der Waals surface area contributed by atoms with Gasteiger partial charge in [-0.15, -0.1) is 0 Å². The van der Waals surface area contributed by atoms with Gasteiger partial charge in [0.2, 0.25) is 0 Å². The molecule has 0 radical (unpaired) electrons. The van der Waals surface area contributed by atoms with E-state index in [1.54, 1.807) is 0 Å². The van der Waals surface area contributed by atoms with Gasteiger partial charge in [0, 0.05) is 13.1 Å². The number of hydrogen-bond acceptors (Lipinski definition) is 5. The van der Waals surface area contributed by atoms with Crippen molar-refractivity contribution in [2.75, 3.05) is 30.2 Å². The first kappa shape index (κ1) is 15.4. The van der Waals surface area contributed by atoms with Crippen LogP contribution in [0.4, 0.5) is 11.4 Å². The van der Waals surface area contributed by atoms with Crippen LogP contribution in [0.25, 0.3) is 0 Å². The van der Waals surface area contributed by atoms with Crippen molar-refractivity contribution in [1.82, 2.24) is 10.2 Å². The van der Waals surface area contributed by atoms with E-state index in [0.717, 1.165) is 48.7 Å². The van der Waals surface area contributed by atoms with Crippen molar-refractivity contribution in [1.29, 1.82) is 0 Å². The number of nitrogens with zero attached hydrogens (tertiary/aromatic N) is 3. The molecule has 0 saturated carbocycles. The van der Waals surface area contributed by atoms with Crippen LogP contribution in [-0.2, 0) is 4.74 Å². The number of rotatable bonds is 3. The van der Waals surface area contributed by atoms with E-state index in [1.807, 2.05) is 38.1 Å². The number of hydrazine groups is 1. The Bertz CT molecular complexity index is 674. The fourth-order valence-electron chi connectivity index (χ4n) is 3.08. The van der Waals surface area contributed by atoms with E-state index >= 15 is 0 Å². The molecule has 0 amide bonds. The van der Waals surface area contributed by atoms with Crippen molar-refractivity contribution in [3.05, 3.63) is 41.2 Å². The summed E-state index contributed by atoms with van der Waals surface area (Å²) in [5, 5.41) is 11.9. The molecule has 122 valence electrons. The maximum absolute atomic E-state index is 11.6. The zero-order valence-electron chi connectivity index (χ0n) is 13.8. The van der Waals surface area contributed by atoms with Gasteiger partial charge < -0.3 is 4.74 Å². The lowest BCUT2D eigenvalue weighted by Crippen LogP contribution is -2.48. The summed E-state index contributed by atoms with van der Waals surface area (Å²) in [7, 11) is 1.40.